The van der Waals surface area contributed by atoms with Crippen molar-refractivity contribution in [2.45, 2.75) is 0 Å². The molecule has 2 heterocycles. The fourth-order valence-electron chi connectivity index (χ4n) is 4.17. The Balaban J connectivity index is 1.45. The smallest absolute Gasteiger partial charge is 0.164 e. The first-order valence-corrected chi connectivity index (χ1v) is 11.8. The Hall–Kier alpha value is -4.96. The molecule has 0 saturated heterocycles. The molecule has 0 amide bonds. The Labute approximate surface area is 210 Å². The number of benzene rings is 4. The minimum Gasteiger partial charge on any atom is -0.256 e. The van der Waals surface area contributed by atoms with Crippen molar-refractivity contribution in [1.82, 2.24) is 19.9 Å². The topological polar surface area (TPSA) is 51.6 Å². The maximum Gasteiger partial charge on any atom is 0.164 e. The van der Waals surface area contributed by atoms with Gasteiger partial charge in [-0.05, 0) is 35.4 Å². The van der Waals surface area contributed by atoms with Gasteiger partial charge < -0.3 is 0 Å². The van der Waals surface area contributed by atoms with Gasteiger partial charge in [-0.15, -0.1) is 0 Å². The van der Waals surface area contributed by atoms with Crippen LogP contribution in [-0.4, -0.2) is 19.9 Å². The van der Waals surface area contributed by atoms with E-state index in [1.807, 2.05) is 97.2 Å². The number of rotatable bonds is 5. The quantitative estimate of drug-likeness (QED) is 0.265. The zero-order valence-corrected chi connectivity index (χ0v) is 19.5. The molecule has 0 aliphatic heterocycles. The number of hydrogen-bond acceptors (Lipinski definition) is 4. The minimum absolute atomic E-state index is 0.644. The summed E-state index contributed by atoms with van der Waals surface area (Å²) in [7, 11) is 0. The predicted molar refractivity (Wildman–Crippen MR) is 145 cm³/mol. The van der Waals surface area contributed by atoms with Gasteiger partial charge in [-0.25, -0.2) is 15.0 Å². The molecule has 0 atom stereocenters. The molecule has 36 heavy (non-hydrogen) atoms. The van der Waals surface area contributed by atoms with Crippen LogP contribution in [0.5, 0.6) is 0 Å². The van der Waals surface area contributed by atoms with E-state index in [4.69, 9.17) is 15.0 Å². The summed E-state index contributed by atoms with van der Waals surface area (Å²) in [6.45, 7) is 0. The molecule has 4 heteroatoms. The van der Waals surface area contributed by atoms with Crippen LogP contribution in [0.4, 0.5) is 0 Å². The molecule has 0 spiro atoms. The zero-order valence-electron chi connectivity index (χ0n) is 19.5. The van der Waals surface area contributed by atoms with E-state index >= 15 is 0 Å². The van der Waals surface area contributed by atoms with Crippen molar-refractivity contribution < 1.29 is 0 Å². The third kappa shape index (κ3) is 4.52. The van der Waals surface area contributed by atoms with Gasteiger partial charge in [0.05, 0.1) is 5.69 Å². The summed E-state index contributed by atoms with van der Waals surface area (Å²) in [5, 5.41) is 0. The van der Waals surface area contributed by atoms with Crippen molar-refractivity contribution in [2.75, 3.05) is 0 Å². The number of nitrogens with zero attached hydrogens (tertiary/aromatic N) is 4. The van der Waals surface area contributed by atoms with Crippen molar-refractivity contribution in [3.05, 3.63) is 134 Å². The van der Waals surface area contributed by atoms with Crippen LogP contribution in [0.25, 0.3) is 56.5 Å². The van der Waals surface area contributed by atoms with E-state index < -0.39 is 0 Å². The van der Waals surface area contributed by atoms with Crippen molar-refractivity contribution >= 4 is 0 Å². The molecule has 6 aromatic rings. The molecule has 4 aromatic carbocycles. The monoisotopic (exact) mass is 462 g/mol. The Bertz CT molecular complexity index is 1560. The number of aromatic nitrogens is 4. The standard InChI is InChI=1S/C32H22N4/c1-3-11-23(12-4-1)30-34-31(24-13-5-2-6-14-24)36-32(35-30)28-18-10-16-26(22-28)25-15-9-17-27(21-25)29-19-7-8-20-33-29/h1-22H. The summed E-state index contributed by atoms with van der Waals surface area (Å²) in [4.78, 5) is 19.0. The SMILES string of the molecule is c1ccc(-c2nc(-c3ccccc3)nc(-c3cccc(-c4cccc(-c5ccccn5)c4)c3)n2)cc1. The summed E-state index contributed by atoms with van der Waals surface area (Å²) >= 11 is 0. The fourth-order valence-corrected chi connectivity index (χ4v) is 4.17. The maximum absolute atomic E-state index is 4.87. The molecule has 0 saturated carbocycles. The van der Waals surface area contributed by atoms with Gasteiger partial charge in [0.2, 0.25) is 0 Å². The van der Waals surface area contributed by atoms with Gasteiger partial charge >= 0.3 is 0 Å². The highest BCUT2D eigenvalue weighted by Gasteiger charge is 2.13. The van der Waals surface area contributed by atoms with Crippen LogP contribution in [0.15, 0.2) is 134 Å². The first-order chi connectivity index (χ1) is 17.8. The zero-order chi connectivity index (χ0) is 24.2. The van der Waals surface area contributed by atoms with E-state index in [1.54, 1.807) is 0 Å². The Morgan fingerprint density at radius 3 is 1.33 bits per heavy atom. The molecule has 0 unspecified atom stereocenters. The van der Waals surface area contributed by atoms with Crippen LogP contribution in [0.2, 0.25) is 0 Å². The summed E-state index contributed by atoms with van der Waals surface area (Å²) in [5.41, 5.74) is 7.08. The van der Waals surface area contributed by atoms with Gasteiger partial charge in [0.1, 0.15) is 0 Å². The molecule has 0 N–H and O–H groups in total. The lowest BCUT2D eigenvalue weighted by Crippen LogP contribution is -2.00. The summed E-state index contributed by atoms with van der Waals surface area (Å²) in [6.07, 6.45) is 1.82. The average Bonchev–Trinajstić information content (AvgIpc) is 2.98. The lowest BCUT2D eigenvalue weighted by molar-refractivity contribution is 1.07. The third-order valence-electron chi connectivity index (χ3n) is 5.98. The fraction of sp³-hybridized carbons (Fsp3) is 0. The Morgan fingerprint density at radius 2 is 0.778 bits per heavy atom. The van der Waals surface area contributed by atoms with Crippen LogP contribution in [-0.2, 0) is 0 Å². The van der Waals surface area contributed by atoms with Gasteiger partial charge in [0.15, 0.2) is 17.5 Å². The molecule has 2 aromatic heterocycles. The van der Waals surface area contributed by atoms with Crippen molar-refractivity contribution in [3.63, 3.8) is 0 Å². The molecule has 6 rings (SSSR count). The van der Waals surface area contributed by atoms with E-state index in [-0.39, 0.29) is 0 Å². The highest BCUT2D eigenvalue weighted by Crippen LogP contribution is 2.30. The second-order valence-electron chi connectivity index (χ2n) is 8.41. The van der Waals surface area contributed by atoms with Gasteiger partial charge in [0, 0.05) is 28.5 Å². The number of hydrogen-bond donors (Lipinski definition) is 0. The largest absolute Gasteiger partial charge is 0.256 e. The highest BCUT2D eigenvalue weighted by atomic mass is 15.0. The number of pyridine rings is 1. The molecular weight excluding hydrogens is 440 g/mol. The van der Waals surface area contributed by atoms with Crippen molar-refractivity contribution in [1.29, 1.82) is 0 Å². The van der Waals surface area contributed by atoms with Gasteiger partial charge in [0.25, 0.3) is 0 Å². The van der Waals surface area contributed by atoms with Crippen LogP contribution in [0, 0.1) is 0 Å². The summed E-state index contributed by atoms with van der Waals surface area (Å²) in [5.74, 6) is 1.95. The van der Waals surface area contributed by atoms with E-state index in [1.165, 1.54) is 0 Å². The van der Waals surface area contributed by atoms with Gasteiger partial charge in [-0.1, -0.05) is 103 Å². The molecule has 0 radical (unpaired) electrons. The molecule has 0 bridgehead atoms. The molecule has 0 aliphatic rings. The maximum atomic E-state index is 4.87. The van der Waals surface area contributed by atoms with Crippen LogP contribution in [0.3, 0.4) is 0 Å². The average molecular weight is 463 g/mol. The van der Waals surface area contributed by atoms with E-state index in [9.17, 15) is 0 Å². The first-order valence-electron chi connectivity index (χ1n) is 11.8. The third-order valence-corrected chi connectivity index (χ3v) is 5.98. The second kappa shape index (κ2) is 9.72. The van der Waals surface area contributed by atoms with Crippen LogP contribution >= 0.6 is 0 Å². The molecule has 4 nitrogen and oxygen atoms in total. The van der Waals surface area contributed by atoms with Crippen molar-refractivity contribution in [3.8, 4) is 56.5 Å². The molecular formula is C32H22N4. The Kier molecular flexibility index (Phi) is 5.83. The predicted octanol–water partition coefficient (Wildman–Crippen LogP) is 7.60. The van der Waals surface area contributed by atoms with Crippen molar-refractivity contribution in [2.24, 2.45) is 0 Å². The molecule has 170 valence electrons. The lowest BCUT2D eigenvalue weighted by atomic mass is 9.99. The minimum atomic E-state index is 0.644. The normalized spacial score (nSPS) is 10.8. The van der Waals surface area contributed by atoms with Crippen LogP contribution in [0.1, 0.15) is 0 Å². The lowest BCUT2D eigenvalue weighted by Gasteiger charge is -2.10. The van der Waals surface area contributed by atoms with E-state index in [2.05, 4.69) is 41.4 Å². The highest BCUT2D eigenvalue weighted by molar-refractivity contribution is 5.75. The first kappa shape index (κ1) is 21.6. The molecule has 0 aliphatic carbocycles. The van der Waals surface area contributed by atoms with Gasteiger partial charge in [-0.3, -0.25) is 4.98 Å². The van der Waals surface area contributed by atoms with E-state index in [0.717, 1.165) is 39.1 Å². The molecule has 0 fully saturated rings. The van der Waals surface area contributed by atoms with Gasteiger partial charge in [-0.2, -0.15) is 0 Å². The van der Waals surface area contributed by atoms with Crippen LogP contribution < -0.4 is 0 Å². The summed E-state index contributed by atoms with van der Waals surface area (Å²) in [6, 6.07) is 42.8. The van der Waals surface area contributed by atoms with E-state index in [0.29, 0.717) is 17.5 Å². The summed E-state index contributed by atoms with van der Waals surface area (Å²) < 4.78 is 0. The second-order valence-corrected chi connectivity index (χ2v) is 8.41. The Morgan fingerprint density at radius 1 is 0.333 bits per heavy atom.